The second-order valence-corrected chi connectivity index (χ2v) is 9.93. The summed E-state index contributed by atoms with van der Waals surface area (Å²) in [6, 6.07) is 10.9. The van der Waals surface area contributed by atoms with Gasteiger partial charge in [-0.1, -0.05) is 12.1 Å². The number of likely N-dealkylation sites (tertiary alicyclic amines) is 1. The molecular weight excluding hydrogens is 386 g/mol. The lowest BCUT2D eigenvalue weighted by molar-refractivity contribution is -0.134. The molecule has 146 valence electrons. The molecule has 1 atom stereocenters. The van der Waals surface area contributed by atoms with Crippen LogP contribution in [0.5, 0.6) is 0 Å². The number of amides is 1. The number of para-hydroxylation sites is 1. The summed E-state index contributed by atoms with van der Waals surface area (Å²) >= 11 is 3.67. The molecule has 1 unspecified atom stereocenters. The summed E-state index contributed by atoms with van der Waals surface area (Å²) in [5.74, 6) is 0.775. The average molecular weight is 412 g/mol. The van der Waals surface area contributed by atoms with Gasteiger partial charge in [-0.05, 0) is 55.3 Å². The van der Waals surface area contributed by atoms with Crippen molar-refractivity contribution < 1.29 is 4.79 Å². The summed E-state index contributed by atoms with van der Waals surface area (Å²) in [6.45, 7) is 5.47. The molecular formula is C22H25N3OS2. The highest BCUT2D eigenvalue weighted by atomic mass is 32.1. The van der Waals surface area contributed by atoms with Gasteiger partial charge in [0, 0.05) is 36.5 Å². The van der Waals surface area contributed by atoms with Crippen LogP contribution in [-0.4, -0.2) is 46.9 Å². The Morgan fingerprint density at radius 2 is 2.00 bits per heavy atom. The molecule has 28 heavy (non-hydrogen) atoms. The first-order chi connectivity index (χ1) is 13.7. The van der Waals surface area contributed by atoms with E-state index in [0.717, 1.165) is 44.4 Å². The minimum absolute atomic E-state index is 0.285. The highest BCUT2D eigenvalue weighted by Gasteiger charge is 2.30. The van der Waals surface area contributed by atoms with Crippen LogP contribution < -0.4 is 0 Å². The minimum Gasteiger partial charge on any atom is -0.342 e. The van der Waals surface area contributed by atoms with Crippen molar-refractivity contribution in [3.8, 4) is 0 Å². The first-order valence-electron chi connectivity index (χ1n) is 10.1. The number of rotatable bonds is 3. The summed E-state index contributed by atoms with van der Waals surface area (Å²) < 4.78 is 1.27. The van der Waals surface area contributed by atoms with E-state index in [1.54, 1.807) is 0 Å². The van der Waals surface area contributed by atoms with Gasteiger partial charge in [0.05, 0.1) is 21.8 Å². The standard InChI is InChI=1S/C22H25N3OS2/c1-15-17-9-13-27-19(17)8-12-25(15)14-21(26)24-10-6-16(7-11-24)22-23-18-4-2-3-5-20(18)28-22/h2-5,9,13,15-16H,6-8,10-12,14H2,1H3. The van der Waals surface area contributed by atoms with Gasteiger partial charge in [0.1, 0.15) is 0 Å². The molecule has 6 heteroatoms. The summed E-state index contributed by atoms with van der Waals surface area (Å²) in [4.78, 5) is 23.7. The van der Waals surface area contributed by atoms with Crippen molar-refractivity contribution in [2.45, 2.75) is 38.1 Å². The molecule has 0 aliphatic carbocycles. The maximum absolute atomic E-state index is 12.9. The number of piperidine rings is 1. The van der Waals surface area contributed by atoms with Crippen LogP contribution in [0.25, 0.3) is 10.2 Å². The van der Waals surface area contributed by atoms with Crippen LogP contribution in [0.4, 0.5) is 0 Å². The molecule has 0 saturated carbocycles. The number of carbonyl (C=O) groups is 1. The maximum atomic E-state index is 12.9. The molecule has 2 aliphatic rings. The Morgan fingerprint density at radius 3 is 2.82 bits per heavy atom. The van der Waals surface area contributed by atoms with Crippen molar-refractivity contribution in [3.05, 3.63) is 51.2 Å². The van der Waals surface area contributed by atoms with Crippen LogP contribution in [-0.2, 0) is 11.2 Å². The zero-order valence-corrected chi connectivity index (χ0v) is 17.8. The van der Waals surface area contributed by atoms with E-state index in [2.05, 4.69) is 46.4 Å². The summed E-state index contributed by atoms with van der Waals surface area (Å²) in [7, 11) is 0. The van der Waals surface area contributed by atoms with Crippen molar-refractivity contribution >= 4 is 38.8 Å². The minimum atomic E-state index is 0.285. The molecule has 0 bridgehead atoms. The van der Waals surface area contributed by atoms with E-state index in [4.69, 9.17) is 4.98 Å². The second-order valence-electron chi connectivity index (χ2n) is 7.87. The Hall–Kier alpha value is -1.76. The molecule has 3 aromatic rings. The molecule has 1 saturated heterocycles. The Balaban J connectivity index is 1.19. The van der Waals surface area contributed by atoms with Gasteiger partial charge in [-0.3, -0.25) is 9.69 Å². The molecule has 4 heterocycles. The lowest BCUT2D eigenvalue weighted by Gasteiger charge is -2.36. The Kier molecular flexibility index (Phi) is 4.95. The predicted octanol–water partition coefficient (Wildman–Crippen LogP) is 4.68. The van der Waals surface area contributed by atoms with Crippen LogP contribution in [0.15, 0.2) is 35.7 Å². The van der Waals surface area contributed by atoms with Crippen LogP contribution in [0.3, 0.4) is 0 Å². The predicted molar refractivity (Wildman–Crippen MR) is 116 cm³/mol. The number of carbonyl (C=O) groups excluding carboxylic acids is 1. The van der Waals surface area contributed by atoms with Gasteiger partial charge in [-0.25, -0.2) is 4.98 Å². The number of nitrogens with zero attached hydrogens (tertiary/aromatic N) is 3. The Bertz CT molecular complexity index is 954. The van der Waals surface area contributed by atoms with Crippen LogP contribution >= 0.6 is 22.7 Å². The topological polar surface area (TPSA) is 36.4 Å². The van der Waals surface area contributed by atoms with E-state index < -0.39 is 0 Å². The lowest BCUT2D eigenvalue weighted by Crippen LogP contribution is -2.45. The first-order valence-corrected chi connectivity index (χ1v) is 11.8. The maximum Gasteiger partial charge on any atom is 0.236 e. The molecule has 2 aromatic heterocycles. The summed E-state index contributed by atoms with van der Waals surface area (Å²) in [5.41, 5.74) is 2.52. The number of thiophene rings is 1. The van der Waals surface area contributed by atoms with Gasteiger partial charge in [-0.2, -0.15) is 0 Å². The third-order valence-electron chi connectivity index (χ3n) is 6.25. The first kappa shape index (κ1) is 18.3. The molecule has 1 aromatic carbocycles. The molecule has 2 aliphatic heterocycles. The van der Waals surface area contributed by atoms with Crippen LogP contribution in [0.1, 0.15) is 47.2 Å². The van der Waals surface area contributed by atoms with E-state index in [-0.39, 0.29) is 5.91 Å². The van der Waals surface area contributed by atoms with Crippen molar-refractivity contribution in [2.24, 2.45) is 0 Å². The number of hydrogen-bond donors (Lipinski definition) is 0. The smallest absolute Gasteiger partial charge is 0.236 e. The monoisotopic (exact) mass is 411 g/mol. The molecule has 4 nitrogen and oxygen atoms in total. The molecule has 5 rings (SSSR count). The number of hydrogen-bond acceptors (Lipinski definition) is 5. The zero-order chi connectivity index (χ0) is 19.1. The van der Waals surface area contributed by atoms with E-state index in [1.807, 2.05) is 28.7 Å². The third-order valence-corrected chi connectivity index (χ3v) is 8.44. The van der Waals surface area contributed by atoms with Crippen molar-refractivity contribution in [1.82, 2.24) is 14.8 Å². The Labute approximate surface area is 173 Å². The van der Waals surface area contributed by atoms with Gasteiger partial charge in [0.25, 0.3) is 0 Å². The van der Waals surface area contributed by atoms with Crippen molar-refractivity contribution in [2.75, 3.05) is 26.2 Å². The number of benzene rings is 1. The van der Waals surface area contributed by atoms with Gasteiger partial charge in [0.15, 0.2) is 0 Å². The van der Waals surface area contributed by atoms with Gasteiger partial charge in [-0.15, -0.1) is 22.7 Å². The molecule has 0 N–H and O–H groups in total. The summed E-state index contributed by atoms with van der Waals surface area (Å²) in [6.07, 6.45) is 3.12. The number of fused-ring (bicyclic) bond motifs is 2. The average Bonchev–Trinajstić information content (AvgIpc) is 3.37. The normalized spacial score (nSPS) is 21.2. The number of thiazole rings is 1. The molecule has 0 spiro atoms. The fourth-order valence-electron chi connectivity index (χ4n) is 4.49. The quantitative estimate of drug-likeness (QED) is 0.628. The SMILES string of the molecule is CC1c2ccsc2CCN1CC(=O)N1CCC(c2nc3ccccc3s2)CC1. The highest BCUT2D eigenvalue weighted by Crippen LogP contribution is 2.35. The van der Waals surface area contributed by atoms with E-state index in [9.17, 15) is 4.79 Å². The molecule has 0 radical (unpaired) electrons. The fraction of sp³-hybridized carbons (Fsp3) is 0.455. The third kappa shape index (κ3) is 3.38. The highest BCUT2D eigenvalue weighted by molar-refractivity contribution is 7.18. The van der Waals surface area contributed by atoms with Gasteiger partial charge in [0.2, 0.25) is 5.91 Å². The largest absolute Gasteiger partial charge is 0.342 e. The van der Waals surface area contributed by atoms with Crippen LogP contribution in [0.2, 0.25) is 0 Å². The van der Waals surface area contributed by atoms with E-state index in [0.29, 0.717) is 18.5 Å². The van der Waals surface area contributed by atoms with Crippen molar-refractivity contribution in [3.63, 3.8) is 0 Å². The molecule has 1 amide bonds. The van der Waals surface area contributed by atoms with Crippen LogP contribution in [0, 0.1) is 0 Å². The summed E-state index contributed by atoms with van der Waals surface area (Å²) in [5, 5.41) is 3.42. The van der Waals surface area contributed by atoms with Crippen molar-refractivity contribution in [1.29, 1.82) is 0 Å². The fourth-order valence-corrected chi connectivity index (χ4v) is 6.59. The van der Waals surface area contributed by atoms with Gasteiger partial charge < -0.3 is 4.90 Å². The zero-order valence-electron chi connectivity index (χ0n) is 16.1. The number of aromatic nitrogens is 1. The second kappa shape index (κ2) is 7.58. The van der Waals surface area contributed by atoms with E-state index >= 15 is 0 Å². The molecule has 1 fully saturated rings. The van der Waals surface area contributed by atoms with E-state index in [1.165, 1.54) is 20.1 Å². The lowest BCUT2D eigenvalue weighted by atomic mass is 9.97. The Morgan fingerprint density at radius 1 is 1.18 bits per heavy atom. The van der Waals surface area contributed by atoms with Gasteiger partial charge >= 0.3 is 0 Å².